The van der Waals surface area contributed by atoms with Crippen LogP contribution in [0.2, 0.25) is 0 Å². The molecule has 2 aromatic heterocycles. The number of amides is 3. The van der Waals surface area contributed by atoms with Crippen molar-refractivity contribution in [2.75, 3.05) is 16.0 Å². The number of urea groups is 1. The number of nitrogens with zero attached hydrogens (tertiary/aromatic N) is 1. The first-order valence-corrected chi connectivity index (χ1v) is 7.94. The second kappa shape index (κ2) is 6.97. The average Bonchev–Trinajstić information content (AvgIpc) is 3.21. The third-order valence-corrected chi connectivity index (χ3v) is 3.88. The molecule has 3 N–H and O–H groups in total. The molecule has 3 rings (SSSR count). The third-order valence-electron chi connectivity index (χ3n) is 3.02. The van der Waals surface area contributed by atoms with E-state index in [1.807, 2.05) is 11.4 Å². The van der Waals surface area contributed by atoms with Crippen LogP contribution >= 0.6 is 11.3 Å². The zero-order valence-electron chi connectivity index (χ0n) is 12.7. The molecule has 0 radical (unpaired) electrons. The number of nitrogens with one attached hydrogen (secondary N) is 3. The van der Waals surface area contributed by atoms with Gasteiger partial charge in [0, 0.05) is 17.4 Å². The van der Waals surface area contributed by atoms with Crippen molar-refractivity contribution in [3.8, 4) is 0 Å². The van der Waals surface area contributed by atoms with Crippen LogP contribution in [0.1, 0.15) is 15.4 Å². The fourth-order valence-electron chi connectivity index (χ4n) is 1.94. The van der Waals surface area contributed by atoms with E-state index in [-0.39, 0.29) is 5.91 Å². The van der Waals surface area contributed by atoms with Crippen molar-refractivity contribution in [2.45, 2.75) is 6.92 Å². The van der Waals surface area contributed by atoms with Gasteiger partial charge in [0.25, 0.3) is 5.91 Å². The summed E-state index contributed by atoms with van der Waals surface area (Å²) in [5, 5.41) is 13.5. The number of hydrogen-bond donors (Lipinski definition) is 3. The number of hydrogen-bond acceptors (Lipinski definition) is 5. The van der Waals surface area contributed by atoms with Gasteiger partial charge in [-0.25, -0.2) is 4.79 Å². The molecule has 0 aliphatic carbocycles. The van der Waals surface area contributed by atoms with Gasteiger partial charge in [-0.1, -0.05) is 11.2 Å². The van der Waals surface area contributed by atoms with E-state index in [0.717, 1.165) is 0 Å². The van der Waals surface area contributed by atoms with E-state index < -0.39 is 6.03 Å². The normalized spacial score (nSPS) is 10.2. The topological polar surface area (TPSA) is 96.3 Å². The second-order valence-corrected chi connectivity index (χ2v) is 5.86. The van der Waals surface area contributed by atoms with E-state index in [1.54, 1.807) is 43.3 Å². The summed E-state index contributed by atoms with van der Waals surface area (Å²) in [6, 6.07) is 11.6. The predicted molar refractivity (Wildman–Crippen MR) is 92.6 cm³/mol. The maximum absolute atomic E-state index is 11.9. The second-order valence-electron chi connectivity index (χ2n) is 4.91. The van der Waals surface area contributed by atoms with E-state index in [1.165, 1.54) is 11.3 Å². The lowest BCUT2D eigenvalue weighted by Crippen LogP contribution is -2.19. The largest absolute Gasteiger partial charge is 0.360 e. The summed E-state index contributed by atoms with van der Waals surface area (Å²) in [6.45, 7) is 1.74. The number of thiophene rings is 1. The molecule has 3 amide bonds. The third kappa shape index (κ3) is 3.99. The Morgan fingerprint density at radius 1 is 1.04 bits per heavy atom. The van der Waals surface area contributed by atoms with Crippen LogP contribution in [0.4, 0.5) is 22.0 Å². The van der Waals surface area contributed by atoms with Crippen molar-refractivity contribution in [1.29, 1.82) is 0 Å². The monoisotopic (exact) mass is 342 g/mol. The van der Waals surface area contributed by atoms with E-state index in [2.05, 4.69) is 21.1 Å². The molecule has 0 aliphatic heterocycles. The number of aromatic nitrogens is 1. The van der Waals surface area contributed by atoms with E-state index in [4.69, 9.17) is 4.52 Å². The number of carbonyl (C=O) groups is 2. The Morgan fingerprint density at radius 2 is 1.75 bits per heavy atom. The molecule has 0 bridgehead atoms. The van der Waals surface area contributed by atoms with Crippen LogP contribution in [0.15, 0.2) is 52.4 Å². The first kappa shape index (κ1) is 15.8. The van der Waals surface area contributed by atoms with Crippen LogP contribution in [0, 0.1) is 6.92 Å². The number of carbonyl (C=O) groups excluding carboxylic acids is 2. The predicted octanol–water partition coefficient (Wildman–Crippen LogP) is 3.94. The highest BCUT2D eigenvalue weighted by Gasteiger charge is 2.08. The van der Waals surface area contributed by atoms with Crippen LogP contribution in [0.5, 0.6) is 0 Å². The summed E-state index contributed by atoms with van der Waals surface area (Å²) in [5.74, 6) is 0.783. The lowest BCUT2D eigenvalue weighted by Gasteiger charge is -2.07. The van der Waals surface area contributed by atoms with Crippen molar-refractivity contribution >= 4 is 40.5 Å². The fraction of sp³-hybridized carbons (Fsp3) is 0.0625. The maximum Gasteiger partial charge on any atom is 0.324 e. The molecule has 122 valence electrons. The molecule has 0 spiro atoms. The van der Waals surface area contributed by atoms with Crippen LogP contribution in [0.3, 0.4) is 0 Å². The molecule has 7 nitrogen and oxygen atoms in total. The molecule has 0 aliphatic rings. The molecule has 8 heteroatoms. The number of benzene rings is 1. The Hall–Kier alpha value is -3.13. The Balaban J connectivity index is 1.56. The molecule has 1 aromatic carbocycles. The first-order valence-electron chi connectivity index (χ1n) is 7.06. The van der Waals surface area contributed by atoms with Crippen molar-refractivity contribution in [3.63, 3.8) is 0 Å². The molecule has 0 saturated heterocycles. The van der Waals surface area contributed by atoms with Gasteiger partial charge in [0.15, 0.2) is 5.82 Å². The molecule has 0 fully saturated rings. The van der Waals surface area contributed by atoms with Crippen molar-refractivity contribution < 1.29 is 14.1 Å². The smallest absolute Gasteiger partial charge is 0.324 e. The highest BCUT2D eigenvalue weighted by molar-refractivity contribution is 7.12. The van der Waals surface area contributed by atoms with Gasteiger partial charge < -0.3 is 15.2 Å². The van der Waals surface area contributed by atoms with Gasteiger partial charge in [-0.3, -0.25) is 10.1 Å². The van der Waals surface area contributed by atoms with Gasteiger partial charge in [0.2, 0.25) is 0 Å². The van der Waals surface area contributed by atoms with Crippen LogP contribution < -0.4 is 16.0 Å². The van der Waals surface area contributed by atoms with Gasteiger partial charge >= 0.3 is 6.03 Å². The number of rotatable bonds is 4. The standard InChI is InChI=1S/C16H14N4O3S/c1-10-9-14(20-23-10)19-16(22)18-12-6-4-11(5-7-12)17-15(21)13-3-2-8-24-13/h2-9H,1H3,(H,17,21)(H2,18,19,20,22). The Bertz CT molecular complexity index is 841. The molecular weight excluding hydrogens is 328 g/mol. The van der Waals surface area contributed by atoms with Crippen LogP contribution in [-0.2, 0) is 0 Å². The van der Waals surface area contributed by atoms with Gasteiger partial charge in [0.05, 0.1) is 4.88 Å². The van der Waals surface area contributed by atoms with Crippen molar-refractivity contribution in [1.82, 2.24) is 5.16 Å². The minimum absolute atomic E-state index is 0.162. The highest BCUT2D eigenvalue weighted by atomic mass is 32.1. The van der Waals surface area contributed by atoms with Crippen LogP contribution in [-0.4, -0.2) is 17.1 Å². The van der Waals surface area contributed by atoms with Crippen LogP contribution in [0.25, 0.3) is 0 Å². The zero-order chi connectivity index (χ0) is 16.9. The highest BCUT2D eigenvalue weighted by Crippen LogP contribution is 2.17. The van der Waals surface area contributed by atoms with E-state index >= 15 is 0 Å². The summed E-state index contributed by atoms with van der Waals surface area (Å²) >= 11 is 1.37. The lowest BCUT2D eigenvalue weighted by atomic mass is 10.2. The molecule has 24 heavy (non-hydrogen) atoms. The molecule has 2 heterocycles. The molecule has 0 unspecified atom stereocenters. The zero-order valence-corrected chi connectivity index (χ0v) is 13.5. The SMILES string of the molecule is Cc1cc(NC(=O)Nc2ccc(NC(=O)c3cccs3)cc2)no1. The van der Waals surface area contributed by atoms with Gasteiger partial charge in [-0.15, -0.1) is 11.3 Å². The quantitative estimate of drug-likeness (QED) is 0.669. The lowest BCUT2D eigenvalue weighted by molar-refractivity contribution is 0.103. The Labute approximate surface area is 141 Å². The van der Waals surface area contributed by atoms with E-state index in [9.17, 15) is 9.59 Å². The van der Waals surface area contributed by atoms with Gasteiger partial charge in [0.1, 0.15) is 5.76 Å². The molecule has 0 atom stereocenters. The summed E-state index contributed by atoms with van der Waals surface area (Å²) in [7, 11) is 0. The van der Waals surface area contributed by atoms with Gasteiger partial charge in [-0.2, -0.15) is 0 Å². The molecule has 3 aromatic rings. The van der Waals surface area contributed by atoms with Crippen molar-refractivity contribution in [3.05, 3.63) is 58.5 Å². The number of anilines is 3. The average molecular weight is 342 g/mol. The van der Waals surface area contributed by atoms with E-state index in [0.29, 0.717) is 27.8 Å². The molecule has 0 saturated carbocycles. The van der Waals surface area contributed by atoms with Crippen molar-refractivity contribution in [2.24, 2.45) is 0 Å². The number of aryl methyl sites for hydroxylation is 1. The maximum atomic E-state index is 11.9. The summed E-state index contributed by atoms with van der Waals surface area (Å²) in [5.41, 5.74) is 1.23. The summed E-state index contributed by atoms with van der Waals surface area (Å²) < 4.78 is 4.87. The minimum atomic E-state index is -0.432. The fourth-order valence-corrected chi connectivity index (χ4v) is 2.56. The Kier molecular flexibility index (Phi) is 4.57. The Morgan fingerprint density at radius 3 is 2.33 bits per heavy atom. The minimum Gasteiger partial charge on any atom is -0.360 e. The summed E-state index contributed by atoms with van der Waals surface area (Å²) in [6.07, 6.45) is 0. The molecular formula is C16H14N4O3S. The first-order chi connectivity index (χ1) is 11.6. The van der Waals surface area contributed by atoms with Gasteiger partial charge in [-0.05, 0) is 42.6 Å². The summed E-state index contributed by atoms with van der Waals surface area (Å²) in [4.78, 5) is 24.4.